The van der Waals surface area contributed by atoms with E-state index in [0.717, 1.165) is 13.0 Å². The smallest absolute Gasteiger partial charge is 0.210 e. The summed E-state index contributed by atoms with van der Waals surface area (Å²) < 4.78 is 0. The van der Waals surface area contributed by atoms with Crippen molar-refractivity contribution in [3.8, 4) is 0 Å². The van der Waals surface area contributed by atoms with E-state index >= 15 is 0 Å². The average Bonchev–Trinajstić information content (AvgIpc) is 2.70. The second-order valence-corrected chi connectivity index (χ2v) is 4.06. The topological polar surface area (TPSA) is 23.6 Å². The van der Waals surface area contributed by atoms with E-state index in [1.165, 1.54) is 45.2 Å². The molecule has 74 valence electrons. The van der Waals surface area contributed by atoms with Gasteiger partial charge in [0.05, 0.1) is 6.17 Å². The van der Waals surface area contributed by atoms with Gasteiger partial charge in [-0.3, -0.25) is 9.69 Å². The van der Waals surface area contributed by atoms with E-state index in [0.29, 0.717) is 6.17 Å². The molecule has 3 heteroatoms. The number of rotatable bonds is 2. The normalized spacial score (nSPS) is 30.8. The highest BCUT2D eigenvalue weighted by molar-refractivity contribution is 5.47. The molecule has 3 nitrogen and oxygen atoms in total. The fourth-order valence-corrected chi connectivity index (χ4v) is 2.49. The Morgan fingerprint density at radius 2 is 1.69 bits per heavy atom. The van der Waals surface area contributed by atoms with Gasteiger partial charge >= 0.3 is 0 Å². The van der Waals surface area contributed by atoms with Gasteiger partial charge in [-0.05, 0) is 32.1 Å². The van der Waals surface area contributed by atoms with Crippen molar-refractivity contribution in [3.05, 3.63) is 0 Å². The molecule has 0 radical (unpaired) electrons. The molecular formula is C10H18N2O. The van der Waals surface area contributed by atoms with E-state index in [-0.39, 0.29) is 0 Å². The number of amides is 1. The first-order chi connectivity index (χ1) is 6.42. The summed E-state index contributed by atoms with van der Waals surface area (Å²) in [7, 11) is 0. The van der Waals surface area contributed by atoms with Crippen molar-refractivity contribution in [1.82, 2.24) is 9.80 Å². The van der Waals surface area contributed by atoms with Crippen LogP contribution in [0.5, 0.6) is 0 Å². The standard InChI is InChI=1S/C10H18N2O/c13-9-12-8-2-1-5-10(12)11-6-3-4-7-11/h9-10H,1-8H2. The summed E-state index contributed by atoms with van der Waals surface area (Å²) in [6.45, 7) is 3.34. The van der Waals surface area contributed by atoms with Gasteiger partial charge in [0, 0.05) is 19.6 Å². The highest BCUT2D eigenvalue weighted by Gasteiger charge is 2.28. The van der Waals surface area contributed by atoms with Gasteiger partial charge in [0.25, 0.3) is 0 Å². The Bertz CT molecular complexity index is 178. The second kappa shape index (κ2) is 4.09. The van der Waals surface area contributed by atoms with Crippen molar-refractivity contribution >= 4 is 6.41 Å². The van der Waals surface area contributed by atoms with Crippen molar-refractivity contribution in [2.45, 2.75) is 38.3 Å². The van der Waals surface area contributed by atoms with Crippen molar-refractivity contribution in [2.75, 3.05) is 19.6 Å². The zero-order valence-corrected chi connectivity index (χ0v) is 8.11. The van der Waals surface area contributed by atoms with Crippen molar-refractivity contribution < 1.29 is 4.79 Å². The summed E-state index contributed by atoms with van der Waals surface area (Å²) in [5.41, 5.74) is 0. The molecule has 2 aliphatic rings. The Hall–Kier alpha value is -0.570. The Balaban J connectivity index is 1.96. The molecule has 0 spiro atoms. The van der Waals surface area contributed by atoms with Crippen LogP contribution in [-0.4, -0.2) is 42.0 Å². The Labute approximate surface area is 79.7 Å². The quantitative estimate of drug-likeness (QED) is 0.596. The number of likely N-dealkylation sites (tertiary alicyclic amines) is 2. The van der Waals surface area contributed by atoms with Crippen LogP contribution in [0.4, 0.5) is 0 Å². The van der Waals surface area contributed by atoms with Crippen LogP contribution in [0.25, 0.3) is 0 Å². The summed E-state index contributed by atoms with van der Waals surface area (Å²) in [6.07, 6.45) is 7.72. The summed E-state index contributed by atoms with van der Waals surface area (Å²) in [5, 5.41) is 0. The number of carbonyl (C=O) groups is 1. The first-order valence-corrected chi connectivity index (χ1v) is 5.37. The lowest BCUT2D eigenvalue weighted by atomic mass is 10.1. The molecule has 0 aromatic heterocycles. The van der Waals surface area contributed by atoms with E-state index < -0.39 is 0 Å². The molecule has 0 bridgehead atoms. The molecule has 2 rings (SSSR count). The monoisotopic (exact) mass is 182 g/mol. The van der Waals surface area contributed by atoms with Gasteiger partial charge in [0.1, 0.15) is 0 Å². The maximum absolute atomic E-state index is 10.8. The predicted octanol–water partition coefficient (Wildman–Crippen LogP) is 1.05. The first-order valence-electron chi connectivity index (χ1n) is 5.37. The molecule has 1 amide bonds. The van der Waals surface area contributed by atoms with Crippen LogP contribution in [0.15, 0.2) is 0 Å². The molecule has 0 aliphatic carbocycles. The lowest BCUT2D eigenvalue weighted by molar-refractivity contribution is -0.125. The van der Waals surface area contributed by atoms with E-state index in [2.05, 4.69) is 4.90 Å². The predicted molar refractivity (Wildman–Crippen MR) is 51.2 cm³/mol. The summed E-state index contributed by atoms with van der Waals surface area (Å²) >= 11 is 0. The van der Waals surface area contributed by atoms with Crippen LogP contribution in [0.2, 0.25) is 0 Å². The third-order valence-corrected chi connectivity index (χ3v) is 3.21. The number of piperidine rings is 1. The van der Waals surface area contributed by atoms with E-state index in [4.69, 9.17) is 0 Å². The average molecular weight is 182 g/mol. The largest absolute Gasteiger partial charge is 0.330 e. The van der Waals surface area contributed by atoms with E-state index in [9.17, 15) is 4.79 Å². The molecule has 2 fully saturated rings. The van der Waals surface area contributed by atoms with Crippen LogP contribution in [0.3, 0.4) is 0 Å². The van der Waals surface area contributed by atoms with Gasteiger partial charge in [0.2, 0.25) is 6.41 Å². The van der Waals surface area contributed by atoms with E-state index in [1.54, 1.807) is 0 Å². The first kappa shape index (κ1) is 9.00. The molecule has 13 heavy (non-hydrogen) atoms. The number of hydrogen-bond donors (Lipinski definition) is 0. The van der Waals surface area contributed by atoms with Crippen molar-refractivity contribution in [1.29, 1.82) is 0 Å². The molecule has 0 aromatic rings. The molecule has 1 unspecified atom stereocenters. The maximum Gasteiger partial charge on any atom is 0.210 e. The minimum atomic E-state index is 0.425. The highest BCUT2D eigenvalue weighted by Crippen LogP contribution is 2.22. The summed E-state index contributed by atoms with van der Waals surface area (Å²) in [6, 6.07) is 0. The molecule has 2 heterocycles. The molecule has 0 N–H and O–H groups in total. The lowest BCUT2D eigenvalue weighted by Gasteiger charge is -2.38. The SMILES string of the molecule is O=CN1CCCCC1N1CCCC1. The van der Waals surface area contributed by atoms with Crippen LogP contribution in [0, 0.1) is 0 Å². The van der Waals surface area contributed by atoms with Crippen molar-refractivity contribution in [3.63, 3.8) is 0 Å². The van der Waals surface area contributed by atoms with Gasteiger partial charge in [-0.1, -0.05) is 0 Å². The third kappa shape index (κ3) is 1.85. The molecular weight excluding hydrogens is 164 g/mol. The van der Waals surface area contributed by atoms with Gasteiger partial charge < -0.3 is 4.90 Å². The number of carbonyl (C=O) groups excluding carboxylic acids is 1. The van der Waals surface area contributed by atoms with Crippen molar-refractivity contribution in [2.24, 2.45) is 0 Å². The minimum absolute atomic E-state index is 0.425. The van der Waals surface area contributed by atoms with Crippen LogP contribution in [-0.2, 0) is 4.79 Å². The van der Waals surface area contributed by atoms with E-state index in [1.807, 2.05) is 4.90 Å². The molecule has 2 aliphatic heterocycles. The van der Waals surface area contributed by atoms with Gasteiger partial charge in [-0.25, -0.2) is 0 Å². The number of hydrogen-bond acceptors (Lipinski definition) is 2. The maximum atomic E-state index is 10.8. The van der Waals surface area contributed by atoms with Gasteiger partial charge in [-0.2, -0.15) is 0 Å². The molecule has 0 saturated carbocycles. The van der Waals surface area contributed by atoms with Crippen LogP contribution < -0.4 is 0 Å². The minimum Gasteiger partial charge on any atom is -0.330 e. The lowest BCUT2D eigenvalue weighted by Crippen LogP contribution is -2.49. The Morgan fingerprint density at radius 1 is 1.00 bits per heavy atom. The Morgan fingerprint density at radius 3 is 2.38 bits per heavy atom. The van der Waals surface area contributed by atoms with Crippen LogP contribution >= 0.6 is 0 Å². The third-order valence-electron chi connectivity index (χ3n) is 3.21. The zero-order chi connectivity index (χ0) is 9.10. The molecule has 2 saturated heterocycles. The summed E-state index contributed by atoms with van der Waals surface area (Å²) in [5.74, 6) is 0. The fourth-order valence-electron chi connectivity index (χ4n) is 2.49. The highest BCUT2D eigenvalue weighted by atomic mass is 16.1. The summed E-state index contributed by atoms with van der Waals surface area (Å²) in [4.78, 5) is 15.3. The van der Waals surface area contributed by atoms with Gasteiger partial charge in [-0.15, -0.1) is 0 Å². The molecule has 0 aromatic carbocycles. The zero-order valence-electron chi connectivity index (χ0n) is 8.11. The fraction of sp³-hybridized carbons (Fsp3) is 0.900. The molecule has 1 atom stereocenters. The van der Waals surface area contributed by atoms with Gasteiger partial charge in [0.15, 0.2) is 0 Å². The second-order valence-electron chi connectivity index (χ2n) is 4.06. The number of nitrogens with zero attached hydrogens (tertiary/aromatic N) is 2. The Kier molecular flexibility index (Phi) is 2.83. The van der Waals surface area contributed by atoms with Crippen LogP contribution in [0.1, 0.15) is 32.1 Å².